The van der Waals surface area contributed by atoms with Gasteiger partial charge >= 0.3 is 0 Å². The summed E-state index contributed by atoms with van der Waals surface area (Å²) < 4.78 is 19.4. The molecule has 0 spiro atoms. The van der Waals surface area contributed by atoms with Crippen LogP contribution in [0.4, 0.5) is 4.39 Å². The zero-order valence-corrected chi connectivity index (χ0v) is 12.1. The van der Waals surface area contributed by atoms with E-state index in [0.29, 0.717) is 16.8 Å². The average Bonchev–Trinajstić information content (AvgIpc) is 2.23. The van der Waals surface area contributed by atoms with Crippen molar-refractivity contribution in [1.82, 2.24) is 5.32 Å². The fraction of sp³-hybridized carbons (Fsp3) is 0.538. The molecule has 2 nitrogen and oxygen atoms in total. The van der Waals surface area contributed by atoms with Gasteiger partial charge in [0.2, 0.25) is 0 Å². The van der Waals surface area contributed by atoms with E-state index < -0.39 is 0 Å². The molecule has 0 aliphatic carbocycles. The third-order valence-electron chi connectivity index (χ3n) is 2.32. The summed E-state index contributed by atoms with van der Waals surface area (Å²) in [4.78, 5) is 0. The topological polar surface area (TPSA) is 21.3 Å². The summed E-state index contributed by atoms with van der Waals surface area (Å²) in [5, 5.41) is 3.28. The molecule has 0 unspecified atom stereocenters. The SMILES string of the molecule is CCNCC(C)(C)COc1cc(F)cc(Br)c1. The molecule has 0 heterocycles. The van der Waals surface area contributed by atoms with Crippen LogP contribution in [0.3, 0.4) is 0 Å². The highest BCUT2D eigenvalue weighted by molar-refractivity contribution is 9.10. The van der Waals surface area contributed by atoms with Crippen LogP contribution >= 0.6 is 15.9 Å². The van der Waals surface area contributed by atoms with Gasteiger partial charge in [0, 0.05) is 22.5 Å². The number of ether oxygens (including phenoxy) is 1. The van der Waals surface area contributed by atoms with Crippen molar-refractivity contribution >= 4 is 15.9 Å². The highest BCUT2D eigenvalue weighted by Gasteiger charge is 2.18. The van der Waals surface area contributed by atoms with E-state index >= 15 is 0 Å². The molecule has 96 valence electrons. The molecule has 1 N–H and O–H groups in total. The molecule has 0 aliphatic rings. The summed E-state index contributed by atoms with van der Waals surface area (Å²) >= 11 is 3.24. The fourth-order valence-electron chi connectivity index (χ4n) is 1.40. The number of halogens is 2. The van der Waals surface area contributed by atoms with Gasteiger partial charge in [-0.3, -0.25) is 0 Å². The third-order valence-corrected chi connectivity index (χ3v) is 2.78. The third kappa shape index (κ3) is 5.50. The van der Waals surface area contributed by atoms with Crippen molar-refractivity contribution < 1.29 is 9.13 Å². The van der Waals surface area contributed by atoms with E-state index in [9.17, 15) is 4.39 Å². The predicted octanol–water partition coefficient (Wildman–Crippen LogP) is 3.60. The number of nitrogens with one attached hydrogen (secondary N) is 1. The first-order valence-electron chi connectivity index (χ1n) is 5.72. The van der Waals surface area contributed by atoms with Gasteiger partial charge in [-0.1, -0.05) is 36.7 Å². The Morgan fingerprint density at radius 1 is 1.35 bits per heavy atom. The van der Waals surface area contributed by atoms with Gasteiger partial charge in [-0.2, -0.15) is 0 Å². The second-order valence-corrected chi connectivity index (χ2v) is 5.75. The molecule has 0 atom stereocenters. The first-order chi connectivity index (χ1) is 7.93. The van der Waals surface area contributed by atoms with Gasteiger partial charge in [0.25, 0.3) is 0 Å². The molecule has 0 fully saturated rings. The molecule has 1 rings (SSSR count). The fourth-order valence-corrected chi connectivity index (χ4v) is 1.85. The maximum atomic E-state index is 13.1. The van der Waals surface area contributed by atoms with E-state index in [0.717, 1.165) is 13.1 Å². The molecule has 0 radical (unpaired) electrons. The first-order valence-corrected chi connectivity index (χ1v) is 6.52. The lowest BCUT2D eigenvalue weighted by molar-refractivity contribution is 0.176. The summed E-state index contributed by atoms with van der Waals surface area (Å²) in [6.07, 6.45) is 0. The maximum absolute atomic E-state index is 13.1. The Hall–Kier alpha value is -0.610. The van der Waals surface area contributed by atoms with Crippen molar-refractivity contribution in [2.75, 3.05) is 19.7 Å². The van der Waals surface area contributed by atoms with E-state index in [-0.39, 0.29) is 11.2 Å². The van der Waals surface area contributed by atoms with E-state index in [1.165, 1.54) is 12.1 Å². The number of rotatable bonds is 6. The predicted molar refractivity (Wildman–Crippen MR) is 71.9 cm³/mol. The average molecular weight is 304 g/mol. The zero-order chi connectivity index (χ0) is 12.9. The minimum absolute atomic E-state index is 0.0226. The lowest BCUT2D eigenvalue weighted by Gasteiger charge is -2.25. The Bertz CT molecular complexity index is 348. The van der Waals surface area contributed by atoms with Gasteiger partial charge in [-0.05, 0) is 18.7 Å². The molecular weight excluding hydrogens is 285 g/mol. The van der Waals surface area contributed by atoms with Gasteiger partial charge in [0.05, 0.1) is 6.61 Å². The summed E-state index contributed by atoms with van der Waals surface area (Å²) in [6, 6.07) is 4.58. The van der Waals surface area contributed by atoms with Crippen LogP contribution in [-0.4, -0.2) is 19.7 Å². The summed E-state index contributed by atoms with van der Waals surface area (Å²) in [7, 11) is 0. The van der Waals surface area contributed by atoms with Crippen molar-refractivity contribution in [2.45, 2.75) is 20.8 Å². The van der Waals surface area contributed by atoms with E-state index in [1.807, 2.05) is 0 Å². The smallest absolute Gasteiger partial charge is 0.128 e. The Morgan fingerprint density at radius 3 is 2.65 bits per heavy atom. The molecule has 4 heteroatoms. The highest BCUT2D eigenvalue weighted by atomic mass is 79.9. The van der Waals surface area contributed by atoms with Crippen LogP contribution in [0, 0.1) is 11.2 Å². The Labute approximate surface area is 111 Å². The van der Waals surface area contributed by atoms with Crippen LogP contribution in [0.1, 0.15) is 20.8 Å². The second-order valence-electron chi connectivity index (χ2n) is 4.84. The van der Waals surface area contributed by atoms with Crippen molar-refractivity contribution in [3.05, 3.63) is 28.5 Å². The molecular formula is C13H19BrFNO. The van der Waals surface area contributed by atoms with E-state index in [2.05, 4.69) is 42.0 Å². The zero-order valence-electron chi connectivity index (χ0n) is 10.5. The largest absolute Gasteiger partial charge is 0.493 e. The van der Waals surface area contributed by atoms with Crippen LogP contribution < -0.4 is 10.1 Å². The lowest BCUT2D eigenvalue weighted by Crippen LogP contribution is -2.34. The normalized spacial score (nSPS) is 11.6. The Kier molecular flexibility index (Phi) is 5.40. The number of hydrogen-bond acceptors (Lipinski definition) is 2. The Balaban J connectivity index is 2.54. The molecule has 0 bridgehead atoms. The van der Waals surface area contributed by atoms with E-state index in [1.54, 1.807) is 6.07 Å². The van der Waals surface area contributed by atoms with Crippen molar-refractivity contribution in [3.8, 4) is 5.75 Å². The molecule has 1 aromatic rings. The monoisotopic (exact) mass is 303 g/mol. The molecule has 0 aliphatic heterocycles. The summed E-state index contributed by atoms with van der Waals surface area (Å²) in [6.45, 7) is 8.67. The van der Waals surface area contributed by atoms with Gasteiger partial charge in [-0.25, -0.2) is 4.39 Å². The lowest BCUT2D eigenvalue weighted by atomic mass is 9.95. The molecule has 0 saturated heterocycles. The van der Waals surface area contributed by atoms with Gasteiger partial charge < -0.3 is 10.1 Å². The molecule has 0 aromatic heterocycles. The van der Waals surface area contributed by atoms with Crippen LogP contribution in [0.2, 0.25) is 0 Å². The van der Waals surface area contributed by atoms with Crippen LogP contribution in [0.5, 0.6) is 5.75 Å². The first kappa shape index (κ1) is 14.5. The van der Waals surface area contributed by atoms with Crippen LogP contribution in [0.15, 0.2) is 22.7 Å². The van der Waals surface area contributed by atoms with Gasteiger partial charge in [0.1, 0.15) is 11.6 Å². The van der Waals surface area contributed by atoms with Crippen molar-refractivity contribution in [1.29, 1.82) is 0 Å². The van der Waals surface area contributed by atoms with Gasteiger partial charge in [0.15, 0.2) is 0 Å². The van der Waals surface area contributed by atoms with Crippen LogP contribution in [-0.2, 0) is 0 Å². The minimum atomic E-state index is -0.293. The van der Waals surface area contributed by atoms with Crippen molar-refractivity contribution in [3.63, 3.8) is 0 Å². The molecule has 0 amide bonds. The highest BCUT2D eigenvalue weighted by Crippen LogP contribution is 2.23. The molecule has 17 heavy (non-hydrogen) atoms. The Morgan fingerprint density at radius 2 is 2.06 bits per heavy atom. The molecule has 1 aromatic carbocycles. The summed E-state index contributed by atoms with van der Waals surface area (Å²) in [5.74, 6) is 0.264. The standard InChI is InChI=1S/C13H19BrFNO/c1-4-16-8-13(2,3)9-17-12-6-10(14)5-11(15)7-12/h5-7,16H,4,8-9H2,1-3H3. The maximum Gasteiger partial charge on any atom is 0.128 e. The summed E-state index contributed by atoms with van der Waals surface area (Å²) in [5.41, 5.74) is 0.0226. The van der Waals surface area contributed by atoms with E-state index in [4.69, 9.17) is 4.74 Å². The number of benzene rings is 1. The minimum Gasteiger partial charge on any atom is -0.493 e. The van der Waals surface area contributed by atoms with Gasteiger partial charge in [-0.15, -0.1) is 0 Å². The van der Waals surface area contributed by atoms with Crippen LogP contribution in [0.25, 0.3) is 0 Å². The van der Waals surface area contributed by atoms with Crippen molar-refractivity contribution in [2.24, 2.45) is 5.41 Å². The molecule has 0 saturated carbocycles. The quantitative estimate of drug-likeness (QED) is 0.867. The number of hydrogen-bond donors (Lipinski definition) is 1. The second kappa shape index (κ2) is 6.36.